The molecule has 0 heterocycles. The topological polar surface area (TPSA) is 79.2 Å². The van der Waals surface area contributed by atoms with Gasteiger partial charge in [0.25, 0.3) is 0 Å². The summed E-state index contributed by atoms with van der Waals surface area (Å²) in [6.45, 7) is 4.41. The van der Waals surface area contributed by atoms with Crippen LogP contribution in [0.3, 0.4) is 0 Å². The molecule has 2 aromatic rings. The smallest absolute Gasteiger partial charge is 0.243 e. The third kappa shape index (κ3) is 4.18. The first kappa shape index (κ1) is 19.0. The molecule has 1 N–H and O–H groups in total. The SMILES string of the molecule is CCN(CC)S(=O)(=O)c1cccc(N=Cc2cccc(OC)c2O)c1. The zero-order valence-electron chi connectivity index (χ0n) is 14.5. The van der Waals surface area contributed by atoms with Crippen molar-refractivity contribution in [3.05, 3.63) is 48.0 Å². The molecule has 0 aliphatic carbocycles. The Morgan fingerprint density at radius 3 is 2.48 bits per heavy atom. The summed E-state index contributed by atoms with van der Waals surface area (Å²) < 4.78 is 31.6. The zero-order chi connectivity index (χ0) is 18.4. The molecule has 0 atom stereocenters. The van der Waals surface area contributed by atoms with Gasteiger partial charge in [0.2, 0.25) is 10.0 Å². The molecule has 0 aliphatic rings. The number of nitrogens with zero attached hydrogens (tertiary/aromatic N) is 2. The Bertz CT molecular complexity index is 859. The van der Waals surface area contributed by atoms with E-state index < -0.39 is 10.0 Å². The maximum Gasteiger partial charge on any atom is 0.243 e. The molecule has 0 amide bonds. The van der Waals surface area contributed by atoms with E-state index in [4.69, 9.17) is 4.74 Å². The minimum Gasteiger partial charge on any atom is -0.504 e. The lowest BCUT2D eigenvalue weighted by atomic mass is 10.2. The molecule has 0 saturated heterocycles. The number of phenolic OH excluding ortho intramolecular Hbond substituents is 1. The van der Waals surface area contributed by atoms with Crippen LogP contribution in [-0.4, -0.2) is 44.2 Å². The number of rotatable bonds is 7. The average molecular weight is 362 g/mol. The van der Waals surface area contributed by atoms with Crippen molar-refractivity contribution in [3.63, 3.8) is 0 Å². The van der Waals surface area contributed by atoms with Crippen LogP contribution in [0.4, 0.5) is 5.69 Å². The number of aromatic hydroxyl groups is 1. The molecule has 25 heavy (non-hydrogen) atoms. The van der Waals surface area contributed by atoms with Crippen molar-refractivity contribution < 1.29 is 18.3 Å². The first-order valence-corrected chi connectivity index (χ1v) is 9.38. The monoisotopic (exact) mass is 362 g/mol. The molecule has 0 aliphatic heterocycles. The number of hydrogen-bond acceptors (Lipinski definition) is 5. The van der Waals surface area contributed by atoms with Gasteiger partial charge in [-0.2, -0.15) is 4.31 Å². The largest absolute Gasteiger partial charge is 0.504 e. The van der Waals surface area contributed by atoms with Gasteiger partial charge in [0.15, 0.2) is 11.5 Å². The van der Waals surface area contributed by atoms with E-state index in [1.165, 1.54) is 23.7 Å². The number of sulfonamides is 1. The Balaban J connectivity index is 2.34. The predicted octanol–water partition coefficient (Wildman–Crippen LogP) is 3.18. The number of methoxy groups -OCH3 is 1. The molecule has 0 spiro atoms. The number of phenols is 1. The van der Waals surface area contributed by atoms with Gasteiger partial charge in [-0.25, -0.2) is 8.42 Å². The highest BCUT2D eigenvalue weighted by Crippen LogP contribution is 2.29. The number of para-hydroxylation sites is 1. The van der Waals surface area contributed by atoms with E-state index in [0.29, 0.717) is 30.1 Å². The normalized spacial score (nSPS) is 12.0. The van der Waals surface area contributed by atoms with Crippen LogP contribution < -0.4 is 4.74 Å². The number of ether oxygens (including phenoxy) is 1. The van der Waals surface area contributed by atoms with Crippen LogP contribution in [0.25, 0.3) is 0 Å². The highest BCUT2D eigenvalue weighted by molar-refractivity contribution is 7.89. The van der Waals surface area contributed by atoms with Crippen molar-refractivity contribution in [2.24, 2.45) is 4.99 Å². The summed E-state index contributed by atoms with van der Waals surface area (Å²) in [5, 5.41) is 10.1. The quantitative estimate of drug-likeness (QED) is 0.767. The van der Waals surface area contributed by atoms with Crippen molar-refractivity contribution in [3.8, 4) is 11.5 Å². The van der Waals surface area contributed by atoms with Crippen LogP contribution in [0.15, 0.2) is 52.4 Å². The molecule has 2 rings (SSSR count). The van der Waals surface area contributed by atoms with Gasteiger partial charge in [0.05, 0.1) is 17.7 Å². The highest BCUT2D eigenvalue weighted by atomic mass is 32.2. The van der Waals surface area contributed by atoms with Crippen LogP contribution in [0.5, 0.6) is 11.5 Å². The van der Waals surface area contributed by atoms with E-state index in [-0.39, 0.29) is 10.6 Å². The van der Waals surface area contributed by atoms with Gasteiger partial charge in [-0.3, -0.25) is 4.99 Å². The lowest BCUT2D eigenvalue weighted by Gasteiger charge is -2.18. The second-order valence-corrected chi connectivity index (χ2v) is 7.18. The summed E-state index contributed by atoms with van der Waals surface area (Å²) >= 11 is 0. The van der Waals surface area contributed by atoms with Gasteiger partial charge >= 0.3 is 0 Å². The third-order valence-corrected chi connectivity index (χ3v) is 5.81. The van der Waals surface area contributed by atoms with Crippen LogP contribution in [0, 0.1) is 0 Å². The summed E-state index contributed by atoms with van der Waals surface area (Å²) in [6, 6.07) is 11.5. The molecular weight excluding hydrogens is 340 g/mol. The molecule has 6 nitrogen and oxygen atoms in total. The van der Waals surface area contributed by atoms with Gasteiger partial charge in [-0.15, -0.1) is 0 Å². The van der Waals surface area contributed by atoms with Crippen molar-refractivity contribution >= 4 is 21.9 Å². The van der Waals surface area contributed by atoms with Gasteiger partial charge in [-0.05, 0) is 30.3 Å². The van der Waals surface area contributed by atoms with Crippen LogP contribution in [0.1, 0.15) is 19.4 Å². The molecule has 2 aromatic carbocycles. The fourth-order valence-electron chi connectivity index (χ4n) is 2.39. The average Bonchev–Trinajstić information content (AvgIpc) is 2.62. The zero-order valence-corrected chi connectivity index (χ0v) is 15.3. The Morgan fingerprint density at radius 2 is 1.84 bits per heavy atom. The molecule has 0 bridgehead atoms. The van der Waals surface area contributed by atoms with Gasteiger partial charge in [0.1, 0.15) is 0 Å². The Labute approximate surface area is 148 Å². The first-order valence-electron chi connectivity index (χ1n) is 7.94. The Kier molecular flexibility index (Phi) is 6.17. The lowest BCUT2D eigenvalue weighted by molar-refractivity contribution is 0.373. The molecule has 0 fully saturated rings. The Hall–Kier alpha value is -2.38. The first-order chi connectivity index (χ1) is 11.9. The lowest BCUT2D eigenvalue weighted by Crippen LogP contribution is -2.30. The molecule has 0 saturated carbocycles. The summed E-state index contributed by atoms with van der Waals surface area (Å²) in [5.74, 6) is 0.336. The molecular formula is C18H22N2O4S. The molecule has 7 heteroatoms. The van der Waals surface area contributed by atoms with Gasteiger partial charge in [0, 0.05) is 24.9 Å². The molecule has 0 aromatic heterocycles. The molecule has 0 unspecified atom stereocenters. The van der Waals surface area contributed by atoms with Crippen LogP contribution in [0.2, 0.25) is 0 Å². The van der Waals surface area contributed by atoms with Crippen molar-refractivity contribution in [1.29, 1.82) is 0 Å². The van der Waals surface area contributed by atoms with Crippen molar-refractivity contribution in [2.45, 2.75) is 18.7 Å². The maximum absolute atomic E-state index is 12.6. The van der Waals surface area contributed by atoms with Crippen molar-refractivity contribution in [1.82, 2.24) is 4.31 Å². The number of aliphatic imine (C=N–C) groups is 1. The second kappa shape index (κ2) is 8.13. The second-order valence-electron chi connectivity index (χ2n) is 5.24. The minimum atomic E-state index is -3.54. The minimum absolute atomic E-state index is 0.0133. The summed E-state index contributed by atoms with van der Waals surface area (Å²) in [4.78, 5) is 4.47. The van der Waals surface area contributed by atoms with E-state index in [1.807, 2.05) is 0 Å². The van der Waals surface area contributed by atoms with Crippen LogP contribution in [-0.2, 0) is 10.0 Å². The van der Waals surface area contributed by atoms with Gasteiger partial charge < -0.3 is 9.84 Å². The van der Waals surface area contributed by atoms with E-state index in [2.05, 4.69) is 4.99 Å². The Morgan fingerprint density at radius 1 is 1.16 bits per heavy atom. The fourth-order valence-corrected chi connectivity index (χ4v) is 3.89. The standard InChI is InChI=1S/C18H22N2O4S/c1-4-20(5-2)25(22,23)16-10-7-9-15(12-16)19-13-14-8-6-11-17(24-3)18(14)21/h6-13,21H,4-5H2,1-3H3. The molecule has 0 radical (unpaired) electrons. The van der Waals surface area contributed by atoms with Crippen LogP contribution >= 0.6 is 0 Å². The summed E-state index contributed by atoms with van der Waals surface area (Å²) in [7, 11) is -2.07. The number of benzene rings is 2. The van der Waals surface area contributed by atoms with Crippen molar-refractivity contribution in [2.75, 3.05) is 20.2 Å². The highest BCUT2D eigenvalue weighted by Gasteiger charge is 2.21. The maximum atomic E-state index is 12.6. The molecule has 134 valence electrons. The van der Waals surface area contributed by atoms with E-state index in [9.17, 15) is 13.5 Å². The van der Waals surface area contributed by atoms with Gasteiger partial charge in [-0.1, -0.05) is 26.0 Å². The fraction of sp³-hybridized carbons (Fsp3) is 0.278. The summed E-state index contributed by atoms with van der Waals surface area (Å²) in [6.07, 6.45) is 1.47. The van der Waals surface area contributed by atoms with E-state index in [0.717, 1.165) is 0 Å². The predicted molar refractivity (Wildman–Crippen MR) is 98.5 cm³/mol. The number of hydrogen-bond donors (Lipinski definition) is 1. The van der Waals surface area contributed by atoms with E-state index in [1.54, 1.807) is 50.2 Å². The van der Waals surface area contributed by atoms with E-state index >= 15 is 0 Å². The third-order valence-electron chi connectivity index (χ3n) is 3.76. The summed E-state index contributed by atoms with van der Waals surface area (Å²) in [5.41, 5.74) is 0.965.